The Morgan fingerprint density at radius 3 is 2.29 bits per heavy atom. The molecule has 3 rings (SSSR count). The van der Waals surface area contributed by atoms with Gasteiger partial charge in [0.1, 0.15) is 5.75 Å². The van der Waals surface area contributed by atoms with E-state index in [1.54, 1.807) is 26.5 Å². The van der Waals surface area contributed by atoms with Crippen molar-refractivity contribution in [3.63, 3.8) is 0 Å². The van der Waals surface area contributed by atoms with Gasteiger partial charge in [0, 0.05) is 25.8 Å². The Hall–Kier alpha value is -1.60. The zero-order valence-corrected chi connectivity index (χ0v) is 15.3. The van der Waals surface area contributed by atoms with E-state index in [1.165, 1.54) is 4.90 Å². The highest BCUT2D eigenvalue weighted by Crippen LogP contribution is 2.37. The zero-order chi connectivity index (χ0) is 17.7. The Balaban J connectivity index is 2.02. The fourth-order valence-corrected chi connectivity index (χ4v) is 2.51. The summed E-state index contributed by atoms with van der Waals surface area (Å²) in [6.45, 7) is 7.94. The summed E-state index contributed by atoms with van der Waals surface area (Å²) in [5, 5.41) is 0. The van der Waals surface area contributed by atoms with Crippen LogP contribution >= 0.6 is 0 Å². The van der Waals surface area contributed by atoms with Gasteiger partial charge in [-0.05, 0) is 40.5 Å². The highest BCUT2D eigenvalue weighted by molar-refractivity contribution is 6.63. The quantitative estimate of drug-likeness (QED) is 0.784. The van der Waals surface area contributed by atoms with Gasteiger partial charge in [-0.3, -0.25) is 9.78 Å². The third-order valence-electron chi connectivity index (χ3n) is 4.89. The molecule has 0 aromatic carbocycles. The first kappa shape index (κ1) is 17.2. The summed E-state index contributed by atoms with van der Waals surface area (Å²) in [7, 11) is 2.79. The predicted molar refractivity (Wildman–Crippen MR) is 91.6 cm³/mol. The maximum atomic E-state index is 12.8. The third-order valence-corrected chi connectivity index (χ3v) is 4.89. The topological polar surface area (TPSA) is 60.9 Å². The summed E-state index contributed by atoms with van der Waals surface area (Å²) in [5.41, 5.74) is 0.123. The van der Waals surface area contributed by atoms with Crippen molar-refractivity contribution in [3.8, 4) is 5.75 Å². The Morgan fingerprint density at radius 1 is 1.21 bits per heavy atom. The molecule has 0 spiro atoms. The monoisotopic (exact) mass is 332 g/mol. The number of amides is 1. The SMILES string of the molecule is CN(C)C(=O)c1c(OC2CC2)cncc1B1OC(C)(C)C(C)(C)O1. The van der Waals surface area contributed by atoms with E-state index in [-0.39, 0.29) is 12.0 Å². The van der Waals surface area contributed by atoms with E-state index in [9.17, 15) is 4.79 Å². The molecule has 2 heterocycles. The Morgan fingerprint density at radius 2 is 1.79 bits per heavy atom. The van der Waals surface area contributed by atoms with Crippen LogP contribution in [-0.2, 0) is 9.31 Å². The maximum absolute atomic E-state index is 12.8. The second-order valence-electron chi connectivity index (χ2n) is 7.71. The lowest BCUT2D eigenvalue weighted by molar-refractivity contribution is 0.00578. The molecule has 0 radical (unpaired) electrons. The summed E-state index contributed by atoms with van der Waals surface area (Å²) in [6, 6.07) is 0. The van der Waals surface area contributed by atoms with E-state index >= 15 is 0 Å². The van der Waals surface area contributed by atoms with E-state index in [0.717, 1.165) is 12.8 Å². The lowest BCUT2D eigenvalue weighted by Crippen LogP contribution is -2.41. The Bertz CT molecular complexity index is 640. The molecule has 1 saturated heterocycles. The zero-order valence-electron chi connectivity index (χ0n) is 15.3. The van der Waals surface area contributed by atoms with Crippen molar-refractivity contribution in [2.75, 3.05) is 14.1 Å². The number of aromatic nitrogens is 1. The summed E-state index contributed by atoms with van der Waals surface area (Å²) >= 11 is 0. The molecule has 2 aliphatic rings. The first-order valence-corrected chi connectivity index (χ1v) is 8.34. The molecule has 1 aromatic heterocycles. The van der Waals surface area contributed by atoms with Gasteiger partial charge in [-0.15, -0.1) is 0 Å². The van der Waals surface area contributed by atoms with Gasteiger partial charge in [0.15, 0.2) is 0 Å². The van der Waals surface area contributed by atoms with E-state index in [0.29, 0.717) is 16.8 Å². The third kappa shape index (κ3) is 3.02. The molecule has 24 heavy (non-hydrogen) atoms. The van der Waals surface area contributed by atoms with Crippen LogP contribution in [-0.4, -0.2) is 54.3 Å². The number of hydrogen-bond acceptors (Lipinski definition) is 5. The first-order valence-electron chi connectivity index (χ1n) is 8.34. The lowest BCUT2D eigenvalue weighted by Gasteiger charge is -2.32. The second kappa shape index (κ2) is 5.74. The highest BCUT2D eigenvalue weighted by Gasteiger charge is 2.53. The number of carbonyl (C=O) groups excluding carboxylic acids is 1. The van der Waals surface area contributed by atoms with E-state index in [1.807, 2.05) is 27.7 Å². The van der Waals surface area contributed by atoms with Gasteiger partial charge < -0.3 is 18.9 Å². The summed E-state index contributed by atoms with van der Waals surface area (Å²) < 4.78 is 18.1. The summed E-state index contributed by atoms with van der Waals surface area (Å²) in [5.74, 6) is 0.362. The number of hydrogen-bond donors (Lipinski definition) is 0. The van der Waals surface area contributed by atoms with Crippen LogP contribution in [0.3, 0.4) is 0 Å². The minimum atomic E-state index is -0.649. The van der Waals surface area contributed by atoms with Crippen molar-refractivity contribution < 1.29 is 18.8 Å². The fourth-order valence-electron chi connectivity index (χ4n) is 2.51. The van der Waals surface area contributed by atoms with Crippen molar-refractivity contribution in [1.82, 2.24) is 9.88 Å². The van der Waals surface area contributed by atoms with Crippen molar-refractivity contribution in [2.45, 2.75) is 57.8 Å². The van der Waals surface area contributed by atoms with E-state index < -0.39 is 18.3 Å². The first-order chi connectivity index (χ1) is 11.1. The number of carbonyl (C=O) groups is 1. The summed E-state index contributed by atoms with van der Waals surface area (Å²) in [6.07, 6.45) is 5.43. The van der Waals surface area contributed by atoms with Gasteiger partial charge in [0.2, 0.25) is 0 Å². The average molecular weight is 332 g/mol. The minimum absolute atomic E-state index is 0.141. The van der Waals surface area contributed by atoms with Gasteiger partial charge in [-0.2, -0.15) is 0 Å². The molecule has 1 aliphatic heterocycles. The molecule has 130 valence electrons. The van der Waals surface area contributed by atoms with Crippen LogP contribution in [0.5, 0.6) is 5.75 Å². The molecule has 0 N–H and O–H groups in total. The summed E-state index contributed by atoms with van der Waals surface area (Å²) in [4.78, 5) is 18.6. The highest BCUT2D eigenvalue weighted by atomic mass is 16.7. The standard InChI is InChI=1S/C17H25BN2O4/c1-16(2)17(3,4)24-18(23-16)12-9-19-10-13(22-11-7-8-11)14(12)15(21)20(5)6/h9-11H,7-8H2,1-6H3. The van der Waals surface area contributed by atoms with E-state index in [4.69, 9.17) is 14.0 Å². The smallest absolute Gasteiger partial charge is 0.488 e. The molecule has 0 atom stereocenters. The lowest BCUT2D eigenvalue weighted by atomic mass is 9.76. The minimum Gasteiger partial charge on any atom is -0.488 e. The molecule has 1 saturated carbocycles. The van der Waals surface area contributed by atoms with Crippen LogP contribution in [0.2, 0.25) is 0 Å². The molecule has 1 aliphatic carbocycles. The molecule has 0 bridgehead atoms. The Labute approximate surface area is 143 Å². The molecular weight excluding hydrogens is 307 g/mol. The van der Waals surface area contributed by atoms with Crippen molar-refractivity contribution in [1.29, 1.82) is 0 Å². The number of rotatable bonds is 4. The van der Waals surface area contributed by atoms with Crippen molar-refractivity contribution in [2.24, 2.45) is 0 Å². The van der Waals surface area contributed by atoms with Gasteiger partial charge in [0.05, 0.1) is 29.1 Å². The molecule has 2 fully saturated rings. The van der Waals surface area contributed by atoms with E-state index in [2.05, 4.69) is 4.98 Å². The van der Waals surface area contributed by atoms with Crippen LogP contribution in [0.25, 0.3) is 0 Å². The molecular formula is C17H25BN2O4. The molecule has 0 unspecified atom stereocenters. The van der Waals surface area contributed by atoms with Crippen LogP contribution in [0.15, 0.2) is 12.4 Å². The second-order valence-corrected chi connectivity index (χ2v) is 7.71. The largest absolute Gasteiger partial charge is 0.497 e. The molecule has 7 heteroatoms. The van der Waals surface area contributed by atoms with Crippen LogP contribution in [0.4, 0.5) is 0 Å². The number of ether oxygens (including phenoxy) is 1. The number of nitrogens with zero attached hydrogens (tertiary/aromatic N) is 2. The van der Waals surface area contributed by atoms with Gasteiger partial charge in [-0.1, -0.05) is 0 Å². The van der Waals surface area contributed by atoms with Crippen LogP contribution in [0, 0.1) is 0 Å². The van der Waals surface area contributed by atoms with Crippen LogP contribution in [0.1, 0.15) is 50.9 Å². The van der Waals surface area contributed by atoms with Crippen molar-refractivity contribution >= 4 is 18.5 Å². The fraction of sp³-hybridized carbons (Fsp3) is 0.647. The maximum Gasteiger partial charge on any atom is 0.497 e. The average Bonchev–Trinajstić information content (AvgIpc) is 3.25. The van der Waals surface area contributed by atoms with Gasteiger partial charge in [0.25, 0.3) is 5.91 Å². The van der Waals surface area contributed by atoms with Crippen molar-refractivity contribution in [3.05, 3.63) is 18.0 Å². The molecule has 1 amide bonds. The Kier molecular flexibility index (Phi) is 4.12. The van der Waals surface area contributed by atoms with Gasteiger partial charge in [-0.25, -0.2) is 0 Å². The van der Waals surface area contributed by atoms with Crippen LogP contribution < -0.4 is 10.2 Å². The molecule has 6 nitrogen and oxygen atoms in total. The predicted octanol–water partition coefficient (Wildman–Crippen LogP) is 1.62. The number of pyridine rings is 1. The normalized spacial score (nSPS) is 21.7. The van der Waals surface area contributed by atoms with Gasteiger partial charge >= 0.3 is 7.12 Å². The molecule has 1 aromatic rings.